The Balaban J connectivity index is 2.17. The molecule has 0 radical (unpaired) electrons. The Hall–Kier alpha value is -1.70. The summed E-state index contributed by atoms with van der Waals surface area (Å²) < 4.78 is 38.8. The SMILES string of the molecule is CC1CCC(Nc2ccc(C#N)c(C(F)(F)F)c2)CC1C. The van der Waals surface area contributed by atoms with Gasteiger partial charge in [0, 0.05) is 11.7 Å². The van der Waals surface area contributed by atoms with Crippen LogP contribution in [0.3, 0.4) is 0 Å². The lowest BCUT2D eigenvalue weighted by molar-refractivity contribution is -0.137. The minimum Gasteiger partial charge on any atom is -0.382 e. The second-order valence-corrected chi connectivity index (χ2v) is 5.98. The van der Waals surface area contributed by atoms with Crippen molar-refractivity contribution in [2.75, 3.05) is 5.32 Å². The number of hydrogen-bond acceptors (Lipinski definition) is 2. The highest BCUT2D eigenvalue weighted by atomic mass is 19.4. The van der Waals surface area contributed by atoms with Gasteiger partial charge in [0.15, 0.2) is 0 Å². The lowest BCUT2D eigenvalue weighted by Crippen LogP contribution is -2.30. The van der Waals surface area contributed by atoms with Crippen molar-refractivity contribution in [3.8, 4) is 6.07 Å². The molecule has 1 saturated carbocycles. The van der Waals surface area contributed by atoms with Gasteiger partial charge in [0.1, 0.15) is 0 Å². The number of nitriles is 1. The van der Waals surface area contributed by atoms with E-state index < -0.39 is 11.7 Å². The maximum Gasteiger partial charge on any atom is 0.417 e. The molecule has 1 aromatic carbocycles. The molecule has 1 aliphatic rings. The quantitative estimate of drug-likeness (QED) is 0.849. The van der Waals surface area contributed by atoms with Crippen LogP contribution in [-0.2, 0) is 6.18 Å². The molecule has 0 aromatic heterocycles. The first-order chi connectivity index (χ1) is 9.81. The summed E-state index contributed by atoms with van der Waals surface area (Å²) in [6.07, 6.45) is -1.49. The van der Waals surface area contributed by atoms with Crippen molar-refractivity contribution < 1.29 is 13.2 Å². The molecule has 5 heteroatoms. The molecule has 0 spiro atoms. The zero-order valence-electron chi connectivity index (χ0n) is 12.2. The first-order valence-electron chi connectivity index (χ1n) is 7.19. The minimum atomic E-state index is -4.50. The van der Waals surface area contributed by atoms with E-state index in [1.54, 1.807) is 12.1 Å². The van der Waals surface area contributed by atoms with Crippen LogP contribution >= 0.6 is 0 Å². The summed E-state index contributed by atoms with van der Waals surface area (Å²) >= 11 is 0. The van der Waals surface area contributed by atoms with Gasteiger partial charge >= 0.3 is 6.18 Å². The number of anilines is 1. The largest absolute Gasteiger partial charge is 0.417 e. The summed E-state index contributed by atoms with van der Waals surface area (Å²) in [6.45, 7) is 4.39. The smallest absolute Gasteiger partial charge is 0.382 e. The molecule has 0 aliphatic heterocycles. The standard InChI is InChI=1S/C16H19F3N2/c1-10-3-5-13(7-11(10)2)21-14-6-4-12(9-20)15(8-14)16(17,18)19/h4,6,8,10-11,13,21H,3,5,7H2,1-2H3. The van der Waals surface area contributed by atoms with Gasteiger partial charge in [0.25, 0.3) is 0 Å². The van der Waals surface area contributed by atoms with Crippen molar-refractivity contribution in [1.82, 2.24) is 0 Å². The van der Waals surface area contributed by atoms with Crippen LogP contribution in [0, 0.1) is 23.2 Å². The first-order valence-corrected chi connectivity index (χ1v) is 7.19. The molecule has 2 nitrogen and oxygen atoms in total. The third-order valence-corrected chi connectivity index (χ3v) is 4.41. The Morgan fingerprint density at radius 1 is 1.19 bits per heavy atom. The molecule has 2 rings (SSSR count). The Morgan fingerprint density at radius 3 is 2.48 bits per heavy atom. The molecule has 3 unspecified atom stereocenters. The third kappa shape index (κ3) is 3.69. The van der Waals surface area contributed by atoms with Crippen LogP contribution in [0.5, 0.6) is 0 Å². The molecular weight excluding hydrogens is 277 g/mol. The summed E-state index contributed by atoms with van der Waals surface area (Å²) in [6, 6.07) is 5.63. The highest BCUT2D eigenvalue weighted by molar-refractivity contribution is 5.53. The Bertz CT molecular complexity index is 545. The average molecular weight is 296 g/mol. The highest BCUT2D eigenvalue weighted by Gasteiger charge is 2.34. The van der Waals surface area contributed by atoms with E-state index in [-0.39, 0.29) is 11.6 Å². The molecule has 0 amide bonds. The van der Waals surface area contributed by atoms with Gasteiger partial charge in [0.2, 0.25) is 0 Å². The predicted molar refractivity (Wildman–Crippen MR) is 75.7 cm³/mol. The summed E-state index contributed by atoms with van der Waals surface area (Å²) in [5, 5.41) is 12.0. The van der Waals surface area contributed by atoms with E-state index in [1.807, 2.05) is 0 Å². The molecule has 21 heavy (non-hydrogen) atoms. The monoisotopic (exact) mass is 296 g/mol. The molecule has 0 heterocycles. The summed E-state index contributed by atoms with van der Waals surface area (Å²) in [7, 11) is 0. The van der Waals surface area contributed by atoms with Crippen LogP contribution in [0.2, 0.25) is 0 Å². The van der Waals surface area contributed by atoms with Crippen molar-refractivity contribution in [3.63, 3.8) is 0 Å². The molecule has 0 bridgehead atoms. The maximum atomic E-state index is 12.9. The van der Waals surface area contributed by atoms with Crippen LogP contribution in [0.1, 0.15) is 44.2 Å². The van der Waals surface area contributed by atoms with Crippen LogP contribution < -0.4 is 5.32 Å². The van der Waals surface area contributed by atoms with Crippen molar-refractivity contribution in [2.45, 2.75) is 45.3 Å². The van der Waals surface area contributed by atoms with Crippen molar-refractivity contribution >= 4 is 5.69 Å². The van der Waals surface area contributed by atoms with Crippen LogP contribution in [-0.4, -0.2) is 6.04 Å². The van der Waals surface area contributed by atoms with E-state index in [0.717, 1.165) is 25.3 Å². The van der Waals surface area contributed by atoms with Crippen LogP contribution in [0.4, 0.5) is 18.9 Å². The highest BCUT2D eigenvalue weighted by Crippen LogP contribution is 2.35. The van der Waals surface area contributed by atoms with Crippen LogP contribution in [0.25, 0.3) is 0 Å². The van der Waals surface area contributed by atoms with Gasteiger partial charge in [0.05, 0.1) is 17.2 Å². The zero-order chi connectivity index (χ0) is 15.6. The molecular formula is C16H19F3N2. The number of benzene rings is 1. The van der Waals surface area contributed by atoms with E-state index >= 15 is 0 Å². The minimum absolute atomic E-state index is 0.199. The summed E-state index contributed by atoms with van der Waals surface area (Å²) in [5.41, 5.74) is -0.765. The van der Waals surface area contributed by atoms with Crippen molar-refractivity contribution in [2.24, 2.45) is 11.8 Å². The Labute approximate surface area is 123 Å². The molecule has 114 valence electrons. The van der Waals surface area contributed by atoms with Gasteiger partial charge < -0.3 is 5.32 Å². The molecule has 1 aliphatic carbocycles. The van der Waals surface area contributed by atoms with Gasteiger partial charge in [-0.15, -0.1) is 0 Å². The second-order valence-electron chi connectivity index (χ2n) is 5.98. The van der Waals surface area contributed by atoms with Crippen molar-refractivity contribution in [1.29, 1.82) is 5.26 Å². The summed E-state index contributed by atoms with van der Waals surface area (Å²) in [4.78, 5) is 0. The molecule has 0 saturated heterocycles. The van der Waals surface area contributed by atoms with Gasteiger partial charge in [-0.2, -0.15) is 18.4 Å². The first kappa shape index (κ1) is 15.7. The number of rotatable bonds is 2. The molecule has 3 atom stereocenters. The fraction of sp³-hybridized carbons (Fsp3) is 0.562. The number of nitrogens with one attached hydrogen (secondary N) is 1. The van der Waals surface area contributed by atoms with Gasteiger partial charge in [-0.1, -0.05) is 13.8 Å². The van der Waals surface area contributed by atoms with Crippen molar-refractivity contribution in [3.05, 3.63) is 29.3 Å². The second kappa shape index (κ2) is 5.97. The van der Waals surface area contributed by atoms with E-state index in [1.165, 1.54) is 6.07 Å². The topological polar surface area (TPSA) is 35.8 Å². The molecule has 1 N–H and O–H groups in total. The number of alkyl halides is 3. The zero-order valence-corrected chi connectivity index (χ0v) is 12.2. The fourth-order valence-electron chi connectivity index (χ4n) is 2.88. The molecule has 1 aromatic rings. The van der Waals surface area contributed by atoms with E-state index in [0.29, 0.717) is 17.5 Å². The van der Waals surface area contributed by atoms with E-state index in [2.05, 4.69) is 19.2 Å². The number of nitrogens with zero attached hydrogens (tertiary/aromatic N) is 1. The fourth-order valence-corrected chi connectivity index (χ4v) is 2.88. The normalized spacial score (nSPS) is 26.2. The predicted octanol–water partition coefficient (Wildman–Crippen LogP) is 4.81. The average Bonchev–Trinajstić information content (AvgIpc) is 2.42. The summed E-state index contributed by atoms with van der Waals surface area (Å²) in [5.74, 6) is 1.23. The lowest BCUT2D eigenvalue weighted by atomic mass is 9.79. The maximum absolute atomic E-state index is 12.9. The lowest BCUT2D eigenvalue weighted by Gasteiger charge is -2.33. The van der Waals surface area contributed by atoms with E-state index in [9.17, 15) is 13.2 Å². The number of halogens is 3. The third-order valence-electron chi connectivity index (χ3n) is 4.41. The van der Waals surface area contributed by atoms with Crippen LogP contribution in [0.15, 0.2) is 18.2 Å². The Kier molecular flexibility index (Phi) is 4.46. The van der Waals surface area contributed by atoms with Gasteiger partial charge in [-0.25, -0.2) is 0 Å². The van der Waals surface area contributed by atoms with E-state index in [4.69, 9.17) is 5.26 Å². The van der Waals surface area contributed by atoms with Gasteiger partial charge in [-0.3, -0.25) is 0 Å². The molecule has 1 fully saturated rings. The Morgan fingerprint density at radius 2 is 1.90 bits per heavy atom. The van der Waals surface area contributed by atoms with Gasteiger partial charge in [-0.05, 0) is 49.3 Å². The number of hydrogen-bond donors (Lipinski definition) is 1.